The normalized spacial score (nSPS) is 19.7. The maximum Gasteiger partial charge on any atom is 0.326 e. The molecule has 3 aliphatic rings. The molecule has 0 aliphatic carbocycles. The number of likely N-dealkylation sites (tertiary alicyclic amines) is 1. The molecule has 1 aromatic carbocycles. The zero-order chi connectivity index (χ0) is 50.2. The summed E-state index contributed by atoms with van der Waals surface area (Å²) in [4.78, 5) is 107. The fourth-order valence-corrected chi connectivity index (χ4v) is 9.65. The number of methoxy groups -OCH3 is 2. The van der Waals surface area contributed by atoms with Gasteiger partial charge in [0.2, 0.25) is 23.6 Å². The zero-order valence-corrected chi connectivity index (χ0v) is 42.1. The number of nitrogens with zero attached hydrogens (tertiary/aromatic N) is 7. The summed E-state index contributed by atoms with van der Waals surface area (Å²) in [5.41, 5.74) is 0.778. The summed E-state index contributed by atoms with van der Waals surface area (Å²) in [5.74, 6) is -2.91. The second-order valence-corrected chi connectivity index (χ2v) is 19.0. The van der Waals surface area contributed by atoms with Crippen LogP contribution >= 0.6 is 0 Å². The number of carboxylic acid groups (broad SMARTS) is 1. The third-order valence-corrected chi connectivity index (χ3v) is 13.8. The van der Waals surface area contributed by atoms with Gasteiger partial charge in [0.1, 0.15) is 12.1 Å². The molecule has 18 nitrogen and oxygen atoms in total. The Hall–Kier alpha value is -5.36. The van der Waals surface area contributed by atoms with Crippen LogP contribution in [0.2, 0.25) is 0 Å². The lowest BCUT2D eigenvalue weighted by atomic mass is 9.89. The van der Waals surface area contributed by atoms with E-state index in [2.05, 4.69) is 10.2 Å². The fourth-order valence-electron chi connectivity index (χ4n) is 9.65. The highest BCUT2D eigenvalue weighted by Gasteiger charge is 2.43. The molecule has 3 heterocycles. The van der Waals surface area contributed by atoms with E-state index in [1.165, 1.54) is 24.2 Å². The smallest absolute Gasteiger partial charge is 0.326 e. The molecule has 68 heavy (non-hydrogen) atoms. The molecule has 6 amide bonds. The minimum Gasteiger partial charge on any atom is -0.480 e. The maximum absolute atomic E-state index is 14.7. The highest BCUT2D eigenvalue weighted by atomic mass is 16.5. The number of hydrogen-bond acceptors (Lipinski definition) is 10. The lowest BCUT2D eigenvalue weighted by Gasteiger charge is -2.41. The summed E-state index contributed by atoms with van der Waals surface area (Å²) in [6.45, 7) is 12.6. The molecule has 0 unspecified atom stereocenters. The molecule has 0 radical (unpaired) electrons. The molecule has 0 saturated carbocycles. The van der Waals surface area contributed by atoms with Crippen LogP contribution in [0.5, 0.6) is 0 Å². The van der Waals surface area contributed by atoms with Crippen molar-refractivity contribution in [3.63, 3.8) is 0 Å². The van der Waals surface area contributed by atoms with E-state index in [0.717, 1.165) is 12.0 Å². The number of unbranched alkanes of at least 4 members (excludes halogenated alkanes) is 2. The molecule has 2 N–H and O–H groups in total. The molecule has 18 heteroatoms. The molecule has 8 atom stereocenters. The summed E-state index contributed by atoms with van der Waals surface area (Å²) >= 11 is 0. The second-order valence-electron chi connectivity index (χ2n) is 19.0. The number of amides is 6. The van der Waals surface area contributed by atoms with E-state index in [0.29, 0.717) is 83.8 Å². The van der Waals surface area contributed by atoms with Gasteiger partial charge in [-0.1, -0.05) is 77.8 Å². The molecular formula is C50H78N8O10. The van der Waals surface area contributed by atoms with Gasteiger partial charge in [0.05, 0.1) is 36.6 Å². The summed E-state index contributed by atoms with van der Waals surface area (Å²) in [6, 6.07) is 6.27. The predicted octanol–water partition coefficient (Wildman–Crippen LogP) is 3.29. The van der Waals surface area contributed by atoms with Gasteiger partial charge in [0.25, 0.3) is 11.8 Å². The van der Waals surface area contributed by atoms with Crippen molar-refractivity contribution in [3.8, 4) is 0 Å². The molecule has 378 valence electrons. The summed E-state index contributed by atoms with van der Waals surface area (Å²) < 4.78 is 12.0. The van der Waals surface area contributed by atoms with Crippen LogP contribution in [0.25, 0.3) is 0 Å². The third-order valence-electron chi connectivity index (χ3n) is 13.8. The number of imide groups is 1. The number of carboxylic acids is 1. The number of hydrogen-bond donors (Lipinski definition) is 2. The molecule has 4 rings (SSSR count). The first-order valence-corrected chi connectivity index (χ1v) is 24.3. The lowest BCUT2D eigenvalue weighted by Crippen LogP contribution is -2.56. The van der Waals surface area contributed by atoms with Crippen molar-refractivity contribution in [2.75, 3.05) is 74.6 Å². The number of carbonyl (C=O) groups is 7. The lowest BCUT2D eigenvalue weighted by molar-refractivity contribution is -0.147. The summed E-state index contributed by atoms with van der Waals surface area (Å²) in [5, 5.41) is 12.7. The van der Waals surface area contributed by atoms with Gasteiger partial charge in [-0.05, 0) is 43.1 Å². The number of carbonyl (C=O) groups excluding carboxylic acids is 6. The number of aliphatic carboxylic acids is 1. The van der Waals surface area contributed by atoms with Gasteiger partial charge in [0, 0.05) is 99.6 Å². The SMILES string of the molecule is CC[C@H](C)[C@@H]([C@@H](CC(=O)N1CCC[C@H]1[C@H](OC)[C@@H](C)C(=O)N[C@@H](Cc1ccccc1)C(=O)O)OC)N(C)C(=O)[C@@H](/N=C(\N(C)C)N1CCN(C(=O)CCCCCN2C(=O)C=CC2=O)CC1)C(C)C. The first-order valence-electron chi connectivity index (χ1n) is 24.3. The Morgan fingerprint density at radius 2 is 1.49 bits per heavy atom. The minimum absolute atomic E-state index is 0.0192. The van der Waals surface area contributed by atoms with E-state index in [-0.39, 0.29) is 54.2 Å². The van der Waals surface area contributed by atoms with Crippen LogP contribution in [0.4, 0.5) is 0 Å². The Kier molecular flexibility index (Phi) is 21.5. The van der Waals surface area contributed by atoms with Gasteiger partial charge in [-0.25, -0.2) is 9.79 Å². The van der Waals surface area contributed by atoms with Gasteiger partial charge >= 0.3 is 5.97 Å². The first kappa shape index (κ1) is 55.2. The molecule has 2 fully saturated rings. The monoisotopic (exact) mass is 951 g/mol. The summed E-state index contributed by atoms with van der Waals surface area (Å²) in [7, 11) is 8.59. The minimum atomic E-state index is -1.15. The number of piperazine rings is 1. The van der Waals surface area contributed by atoms with Crippen molar-refractivity contribution in [1.29, 1.82) is 0 Å². The number of likely N-dealkylation sites (N-methyl/N-ethyl adjacent to an activating group) is 1. The van der Waals surface area contributed by atoms with Crippen LogP contribution in [-0.2, 0) is 49.5 Å². The highest BCUT2D eigenvalue weighted by Crippen LogP contribution is 2.30. The van der Waals surface area contributed by atoms with Crippen molar-refractivity contribution in [1.82, 2.24) is 34.7 Å². The fraction of sp³-hybridized carbons (Fsp3) is 0.680. The summed E-state index contributed by atoms with van der Waals surface area (Å²) in [6.07, 6.45) is 5.69. The zero-order valence-electron chi connectivity index (χ0n) is 42.1. The van der Waals surface area contributed by atoms with Crippen molar-refractivity contribution in [3.05, 3.63) is 48.0 Å². The highest BCUT2D eigenvalue weighted by molar-refractivity contribution is 6.12. The van der Waals surface area contributed by atoms with Crippen LogP contribution in [0.15, 0.2) is 47.5 Å². The average molecular weight is 951 g/mol. The van der Waals surface area contributed by atoms with E-state index in [1.807, 2.05) is 81.9 Å². The van der Waals surface area contributed by atoms with Crippen LogP contribution in [0.1, 0.15) is 91.5 Å². The molecule has 1 aromatic rings. The quantitative estimate of drug-likeness (QED) is 0.0664. The number of ether oxygens (including phenoxy) is 2. The second kappa shape index (κ2) is 26.4. The largest absolute Gasteiger partial charge is 0.480 e. The number of aliphatic imine (C=N–C) groups is 1. The molecule has 0 spiro atoms. The Labute approximate surface area is 403 Å². The number of rotatable bonds is 24. The predicted molar refractivity (Wildman–Crippen MR) is 258 cm³/mol. The third kappa shape index (κ3) is 14.6. The maximum atomic E-state index is 14.7. The van der Waals surface area contributed by atoms with Gasteiger partial charge in [0.15, 0.2) is 5.96 Å². The Morgan fingerprint density at radius 3 is 2.04 bits per heavy atom. The number of benzene rings is 1. The van der Waals surface area contributed by atoms with E-state index < -0.39 is 54.2 Å². The molecule has 2 saturated heterocycles. The van der Waals surface area contributed by atoms with E-state index in [1.54, 1.807) is 30.9 Å². The average Bonchev–Trinajstić information content (AvgIpc) is 3.93. The van der Waals surface area contributed by atoms with Crippen molar-refractivity contribution in [2.45, 2.75) is 129 Å². The van der Waals surface area contributed by atoms with E-state index >= 15 is 0 Å². The van der Waals surface area contributed by atoms with Crippen LogP contribution in [-0.4, -0.2) is 193 Å². The van der Waals surface area contributed by atoms with Crippen LogP contribution in [0.3, 0.4) is 0 Å². The number of nitrogens with one attached hydrogen (secondary N) is 1. The molecular weight excluding hydrogens is 873 g/mol. The Balaban J connectivity index is 1.41. The van der Waals surface area contributed by atoms with Crippen LogP contribution in [0, 0.1) is 17.8 Å². The van der Waals surface area contributed by atoms with Gasteiger partial charge < -0.3 is 44.4 Å². The van der Waals surface area contributed by atoms with Gasteiger partial charge in [-0.2, -0.15) is 0 Å². The standard InChI is InChI=1S/C50H78N8O10/c1-11-34(4)45(39(67-9)32-43(62)57-26-18-21-38(57)46(68-10)35(5)47(63)51-37(49(65)66)31-36-19-14-12-15-20-36)54(8)48(64)44(33(2)3)52-50(53(6)7)56-29-27-55(28-30-56)40(59)22-16-13-17-25-58-41(60)23-24-42(58)61/h12,14-15,19-20,23-24,33-35,37-39,44-46H,11,13,16-18,21-22,25-32H2,1-10H3,(H,51,63)(H,65,66)/b52-50+/t34-,35+,37-,38-,39+,44-,45-,46+/m0/s1. The molecule has 0 bridgehead atoms. The first-order chi connectivity index (χ1) is 32.3. The number of guanidine groups is 1. The van der Waals surface area contributed by atoms with Crippen LogP contribution < -0.4 is 5.32 Å². The molecule has 0 aromatic heterocycles. The van der Waals surface area contributed by atoms with E-state index in [9.17, 15) is 38.7 Å². The van der Waals surface area contributed by atoms with Crippen molar-refractivity contribution in [2.24, 2.45) is 22.7 Å². The Morgan fingerprint density at radius 1 is 0.853 bits per heavy atom. The van der Waals surface area contributed by atoms with E-state index in [4.69, 9.17) is 14.5 Å². The molecule has 3 aliphatic heterocycles. The van der Waals surface area contributed by atoms with Crippen molar-refractivity contribution >= 4 is 47.4 Å². The van der Waals surface area contributed by atoms with Gasteiger partial charge in [-0.15, -0.1) is 0 Å². The Bertz CT molecular complexity index is 1920. The van der Waals surface area contributed by atoms with Crippen molar-refractivity contribution < 1.29 is 48.1 Å². The topological polar surface area (TPSA) is 202 Å². The van der Waals surface area contributed by atoms with Gasteiger partial charge in [-0.3, -0.25) is 33.7 Å².